The molecule has 19 heavy (non-hydrogen) atoms. The van der Waals surface area contributed by atoms with Crippen molar-refractivity contribution >= 4 is 5.97 Å². The van der Waals surface area contributed by atoms with Crippen LogP contribution in [0.25, 0.3) is 0 Å². The Bertz CT molecular complexity index is 336. The van der Waals surface area contributed by atoms with E-state index in [0.717, 1.165) is 6.92 Å². The maximum Gasteiger partial charge on any atom is 0.333 e. The molecule has 6 heteroatoms. The number of rotatable bonds is 6. The summed E-state index contributed by atoms with van der Waals surface area (Å²) in [6.45, 7) is 10.1. The summed E-state index contributed by atoms with van der Waals surface area (Å²) in [4.78, 5) is 11.2. The molecule has 0 aliphatic heterocycles. The van der Waals surface area contributed by atoms with Gasteiger partial charge in [-0.05, 0) is 13.8 Å². The minimum absolute atomic E-state index is 0.105. The SMILES string of the molecule is C=C(C)C(=O)OCC(C)(OC(O)C(C)(C)C)C(F)F. The molecule has 4 nitrogen and oxygen atoms in total. The van der Waals surface area contributed by atoms with Crippen molar-refractivity contribution in [3.05, 3.63) is 12.2 Å². The lowest BCUT2D eigenvalue weighted by Gasteiger charge is -2.35. The Morgan fingerprint density at radius 3 is 2.11 bits per heavy atom. The van der Waals surface area contributed by atoms with Gasteiger partial charge in [-0.3, -0.25) is 0 Å². The predicted molar refractivity (Wildman–Crippen MR) is 66.7 cm³/mol. The average Bonchev–Trinajstić information content (AvgIpc) is 2.23. The molecule has 0 aliphatic rings. The Morgan fingerprint density at radius 1 is 1.32 bits per heavy atom. The third kappa shape index (κ3) is 5.65. The highest BCUT2D eigenvalue weighted by Gasteiger charge is 2.42. The Labute approximate surface area is 112 Å². The summed E-state index contributed by atoms with van der Waals surface area (Å²) in [7, 11) is 0. The van der Waals surface area contributed by atoms with Crippen molar-refractivity contribution < 1.29 is 28.2 Å². The number of ether oxygens (including phenoxy) is 2. The summed E-state index contributed by atoms with van der Waals surface area (Å²) < 4.78 is 35.7. The van der Waals surface area contributed by atoms with Crippen LogP contribution in [0.15, 0.2) is 12.2 Å². The van der Waals surface area contributed by atoms with Gasteiger partial charge in [0.2, 0.25) is 0 Å². The first-order valence-electron chi connectivity index (χ1n) is 5.87. The second-order valence-corrected chi connectivity index (χ2v) is 5.81. The van der Waals surface area contributed by atoms with E-state index >= 15 is 0 Å². The number of aliphatic hydroxyl groups excluding tert-OH is 1. The molecule has 0 heterocycles. The van der Waals surface area contributed by atoms with Crippen molar-refractivity contribution in [1.82, 2.24) is 0 Å². The molecule has 1 N–H and O–H groups in total. The number of hydrogen-bond donors (Lipinski definition) is 1. The van der Waals surface area contributed by atoms with E-state index in [9.17, 15) is 18.7 Å². The van der Waals surface area contributed by atoms with E-state index in [2.05, 4.69) is 11.3 Å². The van der Waals surface area contributed by atoms with Gasteiger partial charge >= 0.3 is 5.97 Å². The second kappa shape index (κ2) is 6.43. The molecule has 0 rings (SSSR count). The maximum absolute atomic E-state index is 13.0. The van der Waals surface area contributed by atoms with Gasteiger partial charge in [-0.15, -0.1) is 0 Å². The smallest absolute Gasteiger partial charge is 0.333 e. The number of carbonyl (C=O) groups is 1. The zero-order valence-electron chi connectivity index (χ0n) is 12.0. The fraction of sp³-hybridized carbons (Fsp3) is 0.769. The quantitative estimate of drug-likeness (QED) is 0.461. The molecule has 2 atom stereocenters. The highest BCUT2D eigenvalue weighted by atomic mass is 19.3. The monoisotopic (exact) mass is 280 g/mol. The van der Waals surface area contributed by atoms with Crippen LogP contribution >= 0.6 is 0 Å². The molecule has 0 aromatic carbocycles. The molecule has 2 unspecified atom stereocenters. The lowest BCUT2D eigenvalue weighted by atomic mass is 9.95. The summed E-state index contributed by atoms with van der Waals surface area (Å²) in [6.07, 6.45) is -4.32. The van der Waals surface area contributed by atoms with Crippen LogP contribution in [0.2, 0.25) is 0 Å². The van der Waals surface area contributed by atoms with E-state index in [0.29, 0.717) is 0 Å². The van der Waals surface area contributed by atoms with E-state index in [1.165, 1.54) is 6.92 Å². The minimum atomic E-state index is -2.91. The third-order valence-electron chi connectivity index (χ3n) is 2.42. The molecule has 0 saturated carbocycles. The fourth-order valence-corrected chi connectivity index (χ4v) is 0.912. The summed E-state index contributed by atoms with van der Waals surface area (Å²) >= 11 is 0. The number of hydrogen-bond acceptors (Lipinski definition) is 4. The largest absolute Gasteiger partial charge is 0.459 e. The maximum atomic E-state index is 13.0. The number of carbonyl (C=O) groups excluding carboxylic acids is 1. The molecule has 0 spiro atoms. The molecule has 0 aromatic rings. The zero-order chi connectivity index (χ0) is 15.4. The van der Waals surface area contributed by atoms with Gasteiger partial charge in [-0.1, -0.05) is 27.4 Å². The molecule has 0 bridgehead atoms. The zero-order valence-corrected chi connectivity index (χ0v) is 12.0. The summed E-state index contributed by atoms with van der Waals surface area (Å²) in [6, 6.07) is 0. The van der Waals surface area contributed by atoms with Crippen LogP contribution in [0, 0.1) is 5.41 Å². The summed E-state index contributed by atoms with van der Waals surface area (Å²) in [5, 5.41) is 9.73. The first-order valence-corrected chi connectivity index (χ1v) is 5.87. The van der Waals surface area contributed by atoms with Gasteiger partial charge < -0.3 is 14.6 Å². The number of esters is 1. The molecule has 0 saturated heterocycles. The van der Waals surface area contributed by atoms with Gasteiger partial charge in [0.05, 0.1) is 0 Å². The third-order valence-corrected chi connectivity index (χ3v) is 2.42. The van der Waals surface area contributed by atoms with Crippen LogP contribution in [-0.4, -0.2) is 36.0 Å². The first-order chi connectivity index (χ1) is 8.40. The topological polar surface area (TPSA) is 55.8 Å². The lowest BCUT2D eigenvalue weighted by Crippen LogP contribution is -2.48. The average molecular weight is 280 g/mol. The molecular weight excluding hydrogens is 258 g/mol. The highest BCUT2D eigenvalue weighted by Crippen LogP contribution is 2.29. The van der Waals surface area contributed by atoms with Gasteiger partial charge in [0.15, 0.2) is 11.9 Å². The first kappa shape index (κ1) is 18.0. The number of alkyl halides is 2. The van der Waals surface area contributed by atoms with Gasteiger partial charge in [0.25, 0.3) is 6.43 Å². The van der Waals surface area contributed by atoms with Crippen LogP contribution in [-0.2, 0) is 14.3 Å². The van der Waals surface area contributed by atoms with E-state index in [1.54, 1.807) is 20.8 Å². The number of halogens is 2. The van der Waals surface area contributed by atoms with E-state index in [4.69, 9.17) is 4.74 Å². The van der Waals surface area contributed by atoms with Crippen molar-refractivity contribution in [2.24, 2.45) is 5.41 Å². The second-order valence-electron chi connectivity index (χ2n) is 5.81. The van der Waals surface area contributed by atoms with Crippen molar-refractivity contribution in [1.29, 1.82) is 0 Å². The summed E-state index contributed by atoms with van der Waals surface area (Å²) in [5.41, 5.74) is -2.69. The van der Waals surface area contributed by atoms with E-state index in [-0.39, 0.29) is 5.57 Å². The molecule has 0 amide bonds. The molecule has 0 aromatic heterocycles. The van der Waals surface area contributed by atoms with Gasteiger partial charge in [-0.2, -0.15) is 0 Å². The standard InChI is InChI=1S/C13H22F2O4/c1-8(2)9(16)18-7-13(6,10(14)15)19-11(17)12(3,4)5/h10-11,17H,1,7H2,2-6H3. The van der Waals surface area contributed by atoms with Crippen molar-refractivity contribution in [2.75, 3.05) is 6.61 Å². The van der Waals surface area contributed by atoms with Gasteiger partial charge in [-0.25, -0.2) is 13.6 Å². The molecule has 0 fully saturated rings. The Hall–Kier alpha value is -1.01. The van der Waals surface area contributed by atoms with Crippen LogP contribution in [0.4, 0.5) is 8.78 Å². The molecule has 0 radical (unpaired) electrons. The lowest BCUT2D eigenvalue weighted by molar-refractivity contribution is -0.265. The van der Waals surface area contributed by atoms with Crippen molar-refractivity contribution in [3.63, 3.8) is 0 Å². The molecular formula is C13H22F2O4. The van der Waals surface area contributed by atoms with Crippen LogP contribution in [0.1, 0.15) is 34.6 Å². The van der Waals surface area contributed by atoms with Crippen LogP contribution in [0.5, 0.6) is 0 Å². The van der Waals surface area contributed by atoms with Crippen LogP contribution in [0.3, 0.4) is 0 Å². The summed E-state index contributed by atoms with van der Waals surface area (Å²) in [5.74, 6) is -0.777. The molecule has 112 valence electrons. The fourth-order valence-electron chi connectivity index (χ4n) is 0.912. The van der Waals surface area contributed by atoms with E-state index in [1.807, 2.05) is 0 Å². The van der Waals surface area contributed by atoms with Crippen LogP contribution < -0.4 is 0 Å². The Balaban J connectivity index is 4.78. The molecule has 0 aliphatic carbocycles. The van der Waals surface area contributed by atoms with Crippen molar-refractivity contribution in [2.45, 2.75) is 52.9 Å². The van der Waals surface area contributed by atoms with Crippen molar-refractivity contribution in [3.8, 4) is 0 Å². The Kier molecular flexibility index (Phi) is 6.09. The normalized spacial score (nSPS) is 16.9. The highest BCUT2D eigenvalue weighted by molar-refractivity contribution is 5.86. The minimum Gasteiger partial charge on any atom is -0.459 e. The Morgan fingerprint density at radius 2 is 1.79 bits per heavy atom. The number of aliphatic hydroxyl groups is 1. The van der Waals surface area contributed by atoms with Gasteiger partial charge in [0.1, 0.15) is 6.61 Å². The van der Waals surface area contributed by atoms with E-state index < -0.39 is 36.3 Å². The predicted octanol–water partition coefficient (Wildman–Crippen LogP) is 2.51. The van der Waals surface area contributed by atoms with Gasteiger partial charge in [0, 0.05) is 11.0 Å².